The number of anilines is 1. The molecule has 0 saturated heterocycles. The number of hydrogen-bond acceptors (Lipinski definition) is 4. The van der Waals surface area contributed by atoms with Crippen LogP contribution in [0, 0.1) is 0 Å². The van der Waals surface area contributed by atoms with Gasteiger partial charge in [0.05, 0.1) is 22.8 Å². The van der Waals surface area contributed by atoms with Crippen LogP contribution in [0.25, 0.3) is 10.2 Å². The van der Waals surface area contributed by atoms with Crippen LogP contribution in [0.2, 0.25) is 0 Å². The van der Waals surface area contributed by atoms with Crippen molar-refractivity contribution in [1.82, 2.24) is 9.88 Å². The molecule has 0 radical (unpaired) electrons. The molecule has 0 N–H and O–H groups in total. The van der Waals surface area contributed by atoms with Crippen LogP contribution < -0.4 is 4.90 Å². The Bertz CT molecular complexity index is 842. The molecule has 4 nitrogen and oxygen atoms in total. The summed E-state index contributed by atoms with van der Waals surface area (Å²) in [7, 11) is 1.98. The Hall–Kier alpha value is -2.24. The monoisotopic (exact) mass is 367 g/mol. The Morgan fingerprint density at radius 1 is 1.04 bits per heavy atom. The molecule has 1 aromatic heterocycles. The van der Waals surface area contributed by atoms with Crippen molar-refractivity contribution < 1.29 is 4.79 Å². The SMILES string of the molecule is CC(C)N(C(=O)CN(C)[C@H](C)c1nc2ccccc2s1)c1ccccc1. The minimum atomic E-state index is 0.0844. The summed E-state index contributed by atoms with van der Waals surface area (Å²) in [5, 5.41) is 1.04. The molecule has 2 aromatic carbocycles. The van der Waals surface area contributed by atoms with Gasteiger partial charge in [0.1, 0.15) is 5.01 Å². The molecule has 0 aliphatic rings. The third-order valence-corrected chi connectivity index (χ3v) is 5.74. The van der Waals surface area contributed by atoms with Crippen LogP contribution in [0.4, 0.5) is 5.69 Å². The lowest BCUT2D eigenvalue weighted by Gasteiger charge is -2.30. The highest BCUT2D eigenvalue weighted by molar-refractivity contribution is 7.18. The number of likely N-dealkylation sites (N-methyl/N-ethyl adjacent to an activating group) is 1. The Labute approximate surface area is 159 Å². The molecule has 1 atom stereocenters. The van der Waals surface area contributed by atoms with Crippen molar-refractivity contribution in [3.05, 3.63) is 59.6 Å². The van der Waals surface area contributed by atoms with E-state index in [1.807, 2.05) is 74.3 Å². The van der Waals surface area contributed by atoms with Crippen LogP contribution in [0.5, 0.6) is 0 Å². The van der Waals surface area contributed by atoms with E-state index in [0.717, 1.165) is 16.2 Å². The van der Waals surface area contributed by atoms with Crippen molar-refractivity contribution in [3.8, 4) is 0 Å². The third kappa shape index (κ3) is 3.94. The molecule has 0 aliphatic carbocycles. The van der Waals surface area contributed by atoms with E-state index in [-0.39, 0.29) is 18.0 Å². The number of para-hydroxylation sites is 2. The molecule has 136 valence electrons. The minimum Gasteiger partial charge on any atom is -0.309 e. The second-order valence-electron chi connectivity index (χ2n) is 6.80. The number of hydrogen-bond donors (Lipinski definition) is 0. The maximum Gasteiger partial charge on any atom is 0.241 e. The standard InChI is InChI=1S/C21H25N3OS/c1-15(2)24(17-10-6-5-7-11-17)20(25)14-23(4)16(3)21-22-18-12-8-9-13-19(18)26-21/h5-13,15-16H,14H2,1-4H3/t16-/m1/s1. The van der Waals surface area contributed by atoms with Gasteiger partial charge in [0, 0.05) is 11.7 Å². The van der Waals surface area contributed by atoms with Gasteiger partial charge in [-0.2, -0.15) is 0 Å². The summed E-state index contributed by atoms with van der Waals surface area (Å²) in [5.74, 6) is 0.0988. The van der Waals surface area contributed by atoms with E-state index in [9.17, 15) is 4.79 Å². The summed E-state index contributed by atoms with van der Waals surface area (Å²) >= 11 is 1.69. The molecular formula is C21H25N3OS. The average molecular weight is 368 g/mol. The highest BCUT2D eigenvalue weighted by atomic mass is 32.1. The zero-order valence-corrected chi connectivity index (χ0v) is 16.5. The Kier molecular flexibility index (Phi) is 5.69. The van der Waals surface area contributed by atoms with Crippen molar-refractivity contribution in [1.29, 1.82) is 0 Å². The fourth-order valence-corrected chi connectivity index (χ4v) is 4.09. The lowest BCUT2D eigenvalue weighted by molar-refractivity contribution is -0.120. The number of thiazole rings is 1. The first-order valence-electron chi connectivity index (χ1n) is 8.90. The van der Waals surface area contributed by atoms with Crippen LogP contribution >= 0.6 is 11.3 Å². The van der Waals surface area contributed by atoms with E-state index < -0.39 is 0 Å². The summed E-state index contributed by atoms with van der Waals surface area (Å²) in [4.78, 5) is 21.6. The first-order valence-corrected chi connectivity index (χ1v) is 9.72. The normalized spacial score (nSPS) is 12.7. The van der Waals surface area contributed by atoms with E-state index in [2.05, 4.69) is 17.9 Å². The fourth-order valence-electron chi connectivity index (χ4n) is 3.00. The molecule has 0 unspecified atom stereocenters. The number of carbonyl (C=O) groups is 1. The second-order valence-corrected chi connectivity index (χ2v) is 7.87. The maximum atomic E-state index is 13.0. The van der Waals surface area contributed by atoms with Gasteiger partial charge in [-0.15, -0.1) is 11.3 Å². The fraction of sp³-hybridized carbons (Fsp3) is 0.333. The summed E-state index contributed by atoms with van der Waals surface area (Å²) in [6.45, 7) is 6.54. The lowest BCUT2D eigenvalue weighted by atomic mass is 10.2. The third-order valence-electron chi connectivity index (χ3n) is 4.53. The van der Waals surface area contributed by atoms with Crippen molar-refractivity contribution in [2.24, 2.45) is 0 Å². The topological polar surface area (TPSA) is 36.4 Å². The quantitative estimate of drug-likeness (QED) is 0.632. The highest BCUT2D eigenvalue weighted by Gasteiger charge is 2.24. The van der Waals surface area contributed by atoms with Crippen LogP contribution in [0.3, 0.4) is 0 Å². The van der Waals surface area contributed by atoms with Gasteiger partial charge in [-0.05, 0) is 52.1 Å². The first kappa shape index (κ1) is 18.5. The molecule has 1 heterocycles. The zero-order chi connectivity index (χ0) is 18.7. The van der Waals surface area contributed by atoms with Crippen molar-refractivity contribution in [2.75, 3.05) is 18.5 Å². The zero-order valence-electron chi connectivity index (χ0n) is 15.7. The highest BCUT2D eigenvalue weighted by Crippen LogP contribution is 2.29. The smallest absolute Gasteiger partial charge is 0.241 e. The van der Waals surface area contributed by atoms with Gasteiger partial charge in [0.15, 0.2) is 0 Å². The molecule has 0 saturated carbocycles. The van der Waals surface area contributed by atoms with Crippen molar-refractivity contribution >= 4 is 33.1 Å². The van der Waals surface area contributed by atoms with Crippen LogP contribution in [-0.4, -0.2) is 35.4 Å². The van der Waals surface area contributed by atoms with Gasteiger partial charge in [-0.25, -0.2) is 4.98 Å². The van der Waals surface area contributed by atoms with Crippen LogP contribution in [0.1, 0.15) is 31.8 Å². The van der Waals surface area contributed by atoms with Crippen LogP contribution in [0.15, 0.2) is 54.6 Å². The summed E-state index contributed by atoms with van der Waals surface area (Å²) in [5.41, 5.74) is 1.96. The number of amides is 1. The number of rotatable bonds is 6. The largest absolute Gasteiger partial charge is 0.309 e. The maximum absolute atomic E-state index is 13.0. The van der Waals surface area contributed by atoms with E-state index in [4.69, 9.17) is 4.98 Å². The molecule has 1 amide bonds. The predicted octanol–water partition coefficient (Wildman–Crippen LogP) is 4.73. The van der Waals surface area contributed by atoms with Crippen molar-refractivity contribution in [3.63, 3.8) is 0 Å². The number of carbonyl (C=O) groups excluding carboxylic acids is 1. The molecule has 5 heteroatoms. The van der Waals surface area contributed by atoms with Gasteiger partial charge < -0.3 is 4.90 Å². The van der Waals surface area contributed by atoms with E-state index in [1.54, 1.807) is 11.3 Å². The minimum absolute atomic E-state index is 0.0844. The Morgan fingerprint density at radius 2 is 1.69 bits per heavy atom. The molecule has 0 fully saturated rings. The summed E-state index contributed by atoms with van der Waals surface area (Å²) in [6, 6.07) is 18.2. The van der Waals surface area contributed by atoms with Gasteiger partial charge in [-0.3, -0.25) is 9.69 Å². The molecule has 26 heavy (non-hydrogen) atoms. The van der Waals surface area contributed by atoms with Gasteiger partial charge in [0.25, 0.3) is 0 Å². The van der Waals surface area contributed by atoms with Crippen LogP contribution in [-0.2, 0) is 4.79 Å². The Balaban J connectivity index is 1.74. The van der Waals surface area contributed by atoms with E-state index >= 15 is 0 Å². The summed E-state index contributed by atoms with van der Waals surface area (Å²) < 4.78 is 1.18. The molecular weight excluding hydrogens is 342 g/mol. The summed E-state index contributed by atoms with van der Waals surface area (Å²) in [6.07, 6.45) is 0. The molecule has 0 bridgehead atoms. The molecule has 3 aromatic rings. The number of fused-ring (bicyclic) bond motifs is 1. The predicted molar refractivity (Wildman–Crippen MR) is 110 cm³/mol. The molecule has 0 spiro atoms. The lowest BCUT2D eigenvalue weighted by Crippen LogP contribution is -2.43. The average Bonchev–Trinajstić information content (AvgIpc) is 3.05. The Morgan fingerprint density at radius 3 is 2.35 bits per heavy atom. The molecule has 0 aliphatic heterocycles. The molecule has 3 rings (SSSR count). The first-order chi connectivity index (χ1) is 12.5. The van der Waals surface area contributed by atoms with Gasteiger partial charge in [0.2, 0.25) is 5.91 Å². The van der Waals surface area contributed by atoms with Gasteiger partial charge in [-0.1, -0.05) is 30.3 Å². The number of benzene rings is 2. The van der Waals surface area contributed by atoms with Gasteiger partial charge >= 0.3 is 0 Å². The van der Waals surface area contributed by atoms with Crippen molar-refractivity contribution in [2.45, 2.75) is 32.9 Å². The number of nitrogens with zero attached hydrogens (tertiary/aromatic N) is 3. The number of aromatic nitrogens is 1. The second kappa shape index (κ2) is 7.98. The van der Waals surface area contributed by atoms with E-state index in [1.165, 1.54) is 4.70 Å². The van der Waals surface area contributed by atoms with E-state index in [0.29, 0.717) is 6.54 Å².